The first-order valence-corrected chi connectivity index (χ1v) is 5.96. The van der Waals surface area contributed by atoms with Crippen LogP contribution < -0.4 is 5.32 Å². The Bertz CT molecular complexity index is 628. The van der Waals surface area contributed by atoms with Gasteiger partial charge in [-0.2, -0.15) is 5.26 Å². The topological polar surface area (TPSA) is 61.6 Å². The van der Waals surface area contributed by atoms with E-state index in [9.17, 15) is 0 Å². The smallest absolute Gasteiger partial charge is 0.145 e. The lowest BCUT2D eigenvalue weighted by molar-refractivity contribution is 0.912. The first-order valence-electron chi connectivity index (χ1n) is 5.96. The molecule has 4 heteroatoms. The molecule has 0 radical (unpaired) electrons. The Labute approximate surface area is 105 Å². The maximum atomic E-state index is 8.79. The fourth-order valence-electron chi connectivity index (χ4n) is 2.28. The summed E-state index contributed by atoms with van der Waals surface area (Å²) in [5.41, 5.74) is 4.24. The highest BCUT2D eigenvalue weighted by Gasteiger charge is 2.10. The van der Waals surface area contributed by atoms with Crippen molar-refractivity contribution in [3.8, 4) is 6.07 Å². The van der Waals surface area contributed by atoms with Crippen LogP contribution in [0.4, 0.5) is 11.5 Å². The molecule has 3 rings (SSSR count). The molecule has 4 nitrogen and oxygen atoms in total. The van der Waals surface area contributed by atoms with Gasteiger partial charge in [0.25, 0.3) is 0 Å². The van der Waals surface area contributed by atoms with Crippen LogP contribution in [0.25, 0.3) is 0 Å². The summed E-state index contributed by atoms with van der Waals surface area (Å²) >= 11 is 0. The number of benzene rings is 1. The van der Waals surface area contributed by atoms with Gasteiger partial charge in [-0.1, -0.05) is 6.07 Å². The molecule has 1 aliphatic rings. The number of hydrogen-bond acceptors (Lipinski definition) is 4. The van der Waals surface area contributed by atoms with E-state index in [4.69, 9.17) is 5.26 Å². The van der Waals surface area contributed by atoms with E-state index >= 15 is 0 Å². The van der Waals surface area contributed by atoms with E-state index in [1.165, 1.54) is 30.3 Å². The van der Waals surface area contributed by atoms with Crippen molar-refractivity contribution in [1.82, 2.24) is 9.97 Å². The van der Waals surface area contributed by atoms with E-state index in [1.54, 1.807) is 6.07 Å². The van der Waals surface area contributed by atoms with E-state index in [0.717, 1.165) is 12.1 Å². The maximum absolute atomic E-state index is 8.79. The number of hydrogen-bond donors (Lipinski definition) is 1. The molecule has 0 amide bonds. The van der Waals surface area contributed by atoms with Gasteiger partial charge in [-0.15, -0.1) is 0 Å². The quantitative estimate of drug-likeness (QED) is 0.870. The summed E-state index contributed by atoms with van der Waals surface area (Å²) in [5.74, 6) is 0.652. The second-order valence-corrected chi connectivity index (χ2v) is 4.36. The molecular weight excluding hydrogens is 224 g/mol. The van der Waals surface area contributed by atoms with Crippen LogP contribution in [0, 0.1) is 11.3 Å². The Morgan fingerprint density at radius 2 is 2.00 bits per heavy atom. The molecule has 0 unspecified atom stereocenters. The Balaban J connectivity index is 1.86. The highest BCUT2D eigenvalue weighted by atomic mass is 15.0. The summed E-state index contributed by atoms with van der Waals surface area (Å²) in [6, 6.07) is 10.0. The Morgan fingerprint density at radius 3 is 2.89 bits per heavy atom. The van der Waals surface area contributed by atoms with E-state index in [1.807, 2.05) is 6.07 Å². The monoisotopic (exact) mass is 236 g/mol. The lowest BCUT2D eigenvalue weighted by atomic mass is 10.1. The van der Waals surface area contributed by atoms with Crippen molar-refractivity contribution >= 4 is 11.5 Å². The lowest BCUT2D eigenvalue weighted by Crippen LogP contribution is -1.96. The number of fused-ring (bicyclic) bond motifs is 1. The number of aryl methyl sites for hydroxylation is 2. The molecule has 88 valence electrons. The molecule has 0 bridgehead atoms. The van der Waals surface area contributed by atoms with Gasteiger partial charge < -0.3 is 5.32 Å². The Kier molecular flexibility index (Phi) is 2.66. The van der Waals surface area contributed by atoms with Crippen molar-refractivity contribution < 1.29 is 0 Å². The fourth-order valence-corrected chi connectivity index (χ4v) is 2.28. The average molecular weight is 236 g/mol. The molecule has 0 fully saturated rings. The minimum Gasteiger partial charge on any atom is -0.340 e. The highest BCUT2D eigenvalue weighted by Crippen LogP contribution is 2.26. The van der Waals surface area contributed by atoms with Crippen LogP contribution in [0.1, 0.15) is 23.2 Å². The Morgan fingerprint density at radius 1 is 1.11 bits per heavy atom. The van der Waals surface area contributed by atoms with Crippen molar-refractivity contribution in [2.75, 3.05) is 5.32 Å². The second kappa shape index (κ2) is 4.46. The van der Waals surface area contributed by atoms with Crippen molar-refractivity contribution in [3.63, 3.8) is 0 Å². The maximum Gasteiger partial charge on any atom is 0.145 e. The fraction of sp³-hybridized carbons (Fsp3) is 0.214. The van der Waals surface area contributed by atoms with Gasteiger partial charge in [-0.25, -0.2) is 9.97 Å². The molecule has 0 atom stereocenters. The van der Waals surface area contributed by atoms with Gasteiger partial charge in [-0.3, -0.25) is 0 Å². The van der Waals surface area contributed by atoms with E-state index in [0.29, 0.717) is 11.5 Å². The minimum atomic E-state index is 0.369. The van der Waals surface area contributed by atoms with Gasteiger partial charge in [0.2, 0.25) is 0 Å². The third-order valence-electron chi connectivity index (χ3n) is 3.15. The van der Waals surface area contributed by atoms with Crippen LogP contribution in [0.2, 0.25) is 0 Å². The van der Waals surface area contributed by atoms with Crippen molar-refractivity contribution in [2.24, 2.45) is 0 Å². The first-order chi connectivity index (χ1) is 8.85. The standard InChI is InChI=1S/C14H12N4/c15-8-13-7-14(17-9-16-13)18-12-5-4-10-2-1-3-11(10)6-12/h4-7,9H,1-3H2,(H,16,17,18). The van der Waals surface area contributed by atoms with Gasteiger partial charge in [0, 0.05) is 11.8 Å². The molecule has 1 heterocycles. The van der Waals surface area contributed by atoms with Gasteiger partial charge in [0.1, 0.15) is 23.9 Å². The SMILES string of the molecule is N#Cc1cc(Nc2ccc3c(c2)CCC3)ncn1. The number of nitrogens with zero attached hydrogens (tertiary/aromatic N) is 3. The molecule has 2 aromatic rings. The van der Waals surface area contributed by atoms with E-state index in [2.05, 4.69) is 33.5 Å². The van der Waals surface area contributed by atoms with Crippen LogP contribution in [-0.4, -0.2) is 9.97 Å². The molecule has 0 aliphatic heterocycles. The molecule has 0 spiro atoms. The molecule has 1 aromatic carbocycles. The number of rotatable bonds is 2. The predicted octanol–water partition coefficient (Wildman–Crippen LogP) is 2.58. The van der Waals surface area contributed by atoms with Crippen LogP contribution in [0.5, 0.6) is 0 Å². The third-order valence-corrected chi connectivity index (χ3v) is 3.15. The molecule has 0 saturated heterocycles. The summed E-state index contributed by atoms with van der Waals surface area (Å²) in [6.45, 7) is 0. The van der Waals surface area contributed by atoms with Crippen LogP contribution >= 0.6 is 0 Å². The first kappa shape index (κ1) is 10.7. The van der Waals surface area contributed by atoms with Crippen molar-refractivity contribution in [2.45, 2.75) is 19.3 Å². The lowest BCUT2D eigenvalue weighted by Gasteiger charge is -2.07. The molecule has 0 saturated carbocycles. The van der Waals surface area contributed by atoms with Gasteiger partial charge >= 0.3 is 0 Å². The summed E-state index contributed by atoms with van der Waals surface area (Å²) in [6.07, 6.45) is 4.97. The van der Waals surface area contributed by atoms with E-state index in [-0.39, 0.29) is 0 Å². The highest BCUT2D eigenvalue weighted by molar-refractivity contribution is 5.59. The normalized spacial score (nSPS) is 12.8. The number of nitrogens with one attached hydrogen (secondary N) is 1. The molecule has 18 heavy (non-hydrogen) atoms. The Hall–Kier alpha value is -2.41. The zero-order chi connectivity index (χ0) is 12.4. The number of aromatic nitrogens is 2. The molecule has 1 aliphatic carbocycles. The van der Waals surface area contributed by atoms with Crippen LogP contribution in [-0.2, 0) is 12.8 Å². The summed E-state index contributed by atoms with van der Waals surface area (Å²) < 4.78 is 0. The van der Waals surface area contributed by atoms with Gasteiger partial charge in [0.05, 0.1) is 0 Å². The zero-order valence-electron chi connectivity index (χ0n) is 9.85. The molecule has 1 aromatic heterocycles. The molecular formula is C14H12N4. The third kappa shape index (κ3) is 2.03. The van der Waals surface area contributed by atoms with Crippen molar-refractivity contribution in [3.05, 3.63) is 47.4 Å². The van der Waals surface area contributed by atoms with Gasteiger partial charge in [-0.05, 0) is 42.5 Å². The summed E-state index contributed by atoms with van der Waals surface area (Å²) in [4.78, 5) is 7.95. The largest absolute Gasteiger partial charge is 0.340 e. The van der Waals surface area contributed by atoms with Crippen LogP contribution in [0.15, 0.2) is 30.6 Å². The average Bonchev–Trinajstić information content (AvgIpc) is 2.86. The van der Waals surface area contributed by atoms with Crippen LogP contribution in [0.3, 0.4) is 0 Å². The number of nitriles is 1. The predicted molar refractivity (Wildman–Crippen MR) is 68.5 cm³/mol. The summed E-state index contributed by atoms with van der Waals surface area (Å²) in [7, 11) is 0. The van der Waals surface area contributed by atoms with Crippen molar-refractivity contribution in [1.29, 1.82) is 5.26 Å². The second-order valence-electron chi connectivity index (χ2n) is 4.36. The minimum absolute atomic E-state index is 0.369. The number of anilines is 2. The molecule has 1 N–H and O–H groups in total. The summed E-state index contributed by atoms with van der Waals surface area (Å²) in [5, 5.41) is 12.0. The van der Waals surface area contributed by atoms with E-state index < -0.39 is 0 Å². The zero-order valence-corrected chi connectivity index (χ0v) is 9.85. The van der Waals surface area contributed by atoms with Gasteiger partial charge in [0.15, 0.2) is 0 Å².